The van der Waals surface area contributed by atoms with E-state index in [2.05, 4.69) is 25.9 Å². The number of methoxy groups -OCH3 is 1. The maximum absolute atomic E-state index is 12.1. The number of aromatic nitrogens is 2. The Morgan fingerprint density at radius 1 is 0.933 bits per heavy atom. The van der Waals surface area contributed by atoms with Crippen LogP contribution in [0.1, 0.15) is 25.0 Å². The van der Waals surface area contributed by atoms with Gasteiger partial charge >= 0.3 is 0 Å². The maximum Gasteiger partial charge on any atom is 0.229 e. The molecule has 0 saturated heterocycles. The minimum absolute atomic E-state index is 0.109. The number of nitrogens with zero attached hydrogens (tertiary/aromatic N) is 2. The van der Waals surface area contributed by atoms with Crippen molar-refractivity contribution in [2.24, 2.45) is 5.92 Å². The fourth-order valence-electron chi connectivity index (χ4n) is 3.19. The van der Waals surface area contributed by atoms with E-state index < -0.39 is 0 Å². The van der Waals surface area contributed by atoms with Crippen molar-refractivity contribution in [3.05, 3.63) is 60.3 Å². The van der Waals surface area contributed by atoms with Crippen LogP contribution in [-0.4, -0.2) is 23.0 Å². The van der Waals surface area contributed by atoms with Gasteiger partial charge in [0.2, 0.25) is 11.9 Å². The lowest BCUT2D eigenvalue weighted by atomic mass is 9.85. The summed E-state index contributed by atoms with van der Waals surface area (Å²) in [5, 5.41) is 9.47. The lowest BCUT2D eigenvalue weighted by molar-refractivity contribution is -0.122. The standard InChI is InChI=1S/C23H25N5O2/c1-15-14-21(25-17-10-12-20(30-2)13-11-17)28-23(24-15)27-19-8-6-18(7-9-19)26-22(29)16-4-3-5-16/h6-14,16H,3-5H2,1-2H3,(H,26,29)(H2,24,25,27,28). The molecule has 7 heteroatoms. The zero-order valence-corrected chi connectivity index (χ0v) is 17.1. The summed E-state index contributed by atoms with van der Waals surface area (Å²) < 4.78 is 5.19. The highest BCUT2D eigenvalue weighted by molar-refractivity contribution is 5.93. The summed E-state index contributed by atoms with van der Waals surface area (Å²) in [4.78, 5) is 21.1. The number of ether oxygens (including phenoxy) is 1. The summed E-state index contributed by atoms with van der Waals surface area (Å²) in [6, 6.07) is 17.1. The van der Waals surface area contributed by atoms with E-state index in [1.807, 2.05) is 61.5 Å². The molecule has 1 amide bonds. The second kappa shape index (κ2) is 8.82. The van der Waals surface area contributed by atoms with Crippen LogP contribution in [0.15, 0.2) is 54.6 Å². The molecule has 1 aliphatic carbocycles. The molecule has 0 aliphatic heterocycles. The first-order valence-corrected chi connectivity index (χ1v) is 10.0. The Morgan fingerprint density at radius 2 is 1.57 bits per heavy atom. The Balaban J connectivity index is 1.41. The Hall–Kier alpha value is -3.61. The van der Waals surface area contributed by atoms with Gasteiger partial charge in [0.15, 0.2) is 0 Å². The molecule has 0 unspecified atom stereocenters. The number of carbonyl (C=O) groups is 1. The summed E-state index contributed by atoms with van der Waals surface area (Å²) in [6.45, 7) is 1.92. The molecule has 3 N–H and O–H groups in total. The Morgan fingerprint density at radius 3 is 2.20 bits per heavy atom. The largest absolute Gasteiger partial charge is 0.497 e. The van der Waals surface area contributed by atoms with Gasteiger partial charge < -0.3 is 20.7 Å². The average molecular weight is 403 g/mol. The average Bonchev–Trinajstić information content (AvgIpc) is 2.68. The zero-order chi connectivity index (χ0) is 20.9. The second-order valence-corrected chi connectivity index (χ2v) is 7.39. The second-order valence-electron chi connectivity index (χ2n) is 7.39. The molecule has 1 aromatic heterocycles. The maximum atomic E-state index is 12.1. The number of nitrogens with one attached hydrogen (secondary N) is 3. The lowest BCUT2D eigenvalue weighted by Crippen LogP contribution is -2.27. The van der Waals surface area contributed by atoms with Crippen LogP contribution < -0.4 is 20.7 Å². The van der Waals surface area contributed by atoms with Crippen LogP contribution in [0.5, 0.6) is 5.75 Å². The van der Waals surface area contributed by atoms with Crippen molar-refractivity contribution in [3.8, 4) is 5.75 Å². The van der Waals surface area contributed by atoms with E-state index in [1.165, 1.54) is 0 Å². The molecule has 30 heavy (non-hydrogen) atoms. The van der Waals surface area contributed by atoms with Gasteiger partial charge in [-0.15, -0.1) is 0 Å². The topological polar surface area (TPSA) is 88.2 Å². The van der Waals surface area contributed by atoms with E-state index in [1.54, 1.807) is 7.11 Å². The Bertz CT molecular complexity index is 1010. The lowest BCUT2D eigenvalue weighted by Gasteiger charge is -2.24. The molecule has 1 saturated carbocycles. The predicted octanol–water partition coefficient (Wildman–Crippen LogP) is 5.02. The molecule has 2 aromatic carbocycles. The summed E-state index contributed by atoms with van der Waals surface area (Å²) >= 11 is 0. The summed E-state index contributed by atoms with van der Waals surface area (Å²) in [7, 11) is 1.64. The smallest absolute Gasteiger partial charge is 0.229 e. The van der Waals surface area contributed by atoms with Crippen LogP contribution in [0, 0.1) is 12.8 Å². The Kier molecular flexibility index (Phi) is 5.79. The zero-order valence-electron chi connectivity index (χ0n) is 17.1. The van der Waals surface area contributed by atoms with Gasteiger partial charge in [0, 0.05) is 34.7 Å². The normalized spacial score (nSPS) is 13.3. The van der Waals surface area contributed by atoms with Crippen molar-refractivity contribution in [1.29, 1.82) is 0 Å². The van der Waals surface area contributed by atoms with Crippen molar-refractivity contribution in [3.63, 3.8) is 0 Å². The van der Waals surface area contributed by atoms with Crippen LogP contribution in [0.25, 0.3) is 0 Å². The minimum Gasteiger partial charge on any atom is -0.497 e. The van der Waals surface area contributed by atoms with Crippen LogP contribution in [0.2, 0.25) is 0 Å². The third-order valence-corrected chi connectivity index (χ3v) is 5.10. The van der Waals surface area contributed by atoms with E-state index >= 15 is 0 Å². The first-order valence-electron chi connectivity index (χ1n) is 10.0. The SMILES string of the molecule is COc1ccc(Nc2cc(C)nc(Nc3ccc(NC(=O)C4CCC4)cc3)n2)cc1. The summed E-state index contributed by atoms with van der Waals surface area (Å²) in [6.07, 6.45) is 3.12. The Labute approximate surface area is 175 Å². The molecule has 4 rings (SSSR count). The fraction of sp³-hybridized carbons (Fsp3) is 0.261. The van der Waals surface area contributed by atoms with Crippen LogP contribution in [0.3, 0.4) is 0 Å². The van der Waals surface area contributed by atoms with Gasteiger partial charge in [0.1, 0.15) is 11.6 Å². The van der Waals surface area contributed by atoms with E-state index in [0.717, 1.165) is 47.8 Å². The van der Waals surface area contributed by atoms with Gasteiger partial charge in [-0.2, -0.15) is 4.98 Å². The van der Waals surface area contributed by atoms with Gasteiger partial charge in [-0.25, -0.2) is 4.98 Å². The number of anilines is 5. The van der Waals surface area contributed by atoms with E-state index in [9.17, 15) is 4.79 Å². The van der Waals surface area contributed by atoms with Gasteiger partial charge in [0.25, 0.3) is 0 Å². The first kappa shape index (κ1) is 19.7. The van der Waals surface area contributed by atoms with Crippen molar-refractivity contribution < 1.29 is 9.53 Å². The van der Waals surface area contributed by atoms with Crippen molar-refractivity contribution >= 4 is 34.7 Å². The number of rotatable bonds is 7. The third-order valence-electron chi connectivity index (χ3n) is 5.10. The van der Waals surface area contributed by atoms with Gasteiger partial charge in [-0.3, -0.25) is 4.79 Å². The van der Waals surface area contributed by atoms with Gasteiger partial charge in [-0.1, -0.05) is 6.42 Å². The number of benzene rings is 2. The molecular weight excluding hydrogens is 378 g/mol. The van der Waals surface area contributed by atoms with Crippen LogP contribution >= 0.6 is 0 Å². The predicted molar refractivity (Wildman–Crippen MR) is 119 cm³/mol. The molecule has 0 atom stereocenters. The number of carbonyl (C=O) groups excluding carboxylic acids is 1. The van der Waals surface area contributed by atoms with Crippen LogP contribution in [0.4, 0.5) is 28.8 Å². The van der Waals surface area contributed by atoms with Gasteiger partial charge in [-0.05, 0) is 68.3 Å². The van der Waals surface area contributed by atoms with Crippen molar-refractivity contribution in [2.45, 2.75) is 26.2 Å². The molecule has 154 valence electrons. The number of aryl methyl sites for hydroxylation is 1. The molecule has 1 fully saturated rings. The minimum atomic E-state index is 0.109. The van der Waals surface area contributed by atoms with E-state index in [-0.39, 0.29) is 11.8 Å². The van der Waals surface area contributed by atoms with Crippen molar-refractivity contribution in [2.75, 3.05) is 23.1 Å². The molecule has 3 aromatic rings. The highest BCUT2D eigenvalue weighted by Crippen LogP contribution is 2.28. The van der Waals surface area contributed by atoms with E-state index in [0.29, 0.717) is 11.8 Å². The fourth-order valence-corrected chi connectivity index (χ4v) is 3.19. The highest BCUT2D eigenvalue weighted by atomic mass is 16.5. The monoisotopic (exact) mass is 403 g/mol. The highest BCUT2D eigenvalue weighted by Gasteiger charge is 2.25. The number of amides is 1. The molecule has 7 nitrogen and oxygen atoms in total. The van der Waals surface area contributed by atoms with Crippen LogP contribution in [-0.2, 0) is 4.79 Å². The number of hydrogen-bond donors (Lipinski definition) is 3. The molecular formula is C23H25N5O2. The summed E-state index contributed by atoms with van der Waals surface area (Å²) in [5.41, 5.74) is 3.39. The molecule has 1 heterocycles. The van der Waals surface area contributed by atoms with Gasteiger partial charge in [0.05, 0.1) is 7.11 Å². The first-order chi connectivity index (χ1) is 14.6. The summed E-state index contributed by atoms with van der Waals surface area (Å²) in [5.74, 6) is 2.27. The third kappa shape index (κ3) is 4.86. The molecule has 1 aliphatic rings. The van der Waals surface area contributed by atoms with Crippen molar-refractivity contribution in [1.82, 2.24) is 9.97 Å². The number of hydrogen-bond acceptors (Lipinski definition) is 6. The quantitative estimate of drug-likeness (QED) is 0.513. The molecule has 0 radical (unpaired) electrons. The molecule has 0 spiro atoms. The van der Waals surface area contributed by atoms with E-state index in [4.69, 9.17) is 4.74 Å². The molecule has 0 bridgehead atoms.